The van der Waals surface area contributed by atoms with Crippen molar-refractivity contribution in [3.05, 3.63) is 62.9 Å². The lowest BCUT2D eigenvalue weighted by Crippen LogP contribution is -2.28. The molecule has 0 N–H and O–H groups in total. The van der Waals surface area contributed by atoms with Crippen LogP contribution in [0.25, 0.3) is 0 Å². The summed E-state index contributed by atoms with van der Waals surface area (Å²) in [7, 11) is 0. The van der Waals surface area contributed by atoms with Crippen molar-refractivity contribution < 1.29 is 9.72 Å². The zero-order valence-electron chi connectivity index (χ0n) is 10.8. The lowest BCUT2D eigenvalue weighted by molar-refractivity contribution is -0.384. The van der Waals surface area contributed by atoms with Gasteiger partial charge in [0.15, 0.2) is 0 Å². The van der Waals surface area contributed by atoms with Gasteiger partial charge in [0.1, 0.15) is 5.15 Å². The zero-order chi connectivity index (χ0) is 15.0. The number of pyridine rings is 1. The van der Waals surface area contributed by atoms with Crippen LogP contribution in [-0.4, -0.2) is 22.4 Å². The first kappa shape index (κ1) is 13.5. The fraction of sp³-hybridized carbons (Fsp3) is 0.143. The van der Waals surface area contributed by atoms with E-state index in [1.807, 2.05) is 0 Å². The Morgan fingerprint density at radius 2 is 2.14 bits per heavy atom. The van der Waals surface area contributed by atoms with Crippen LogP contribution in [0.15, 0.2) is 36.5 Å². The maximum Gasteiger partial charge on any atom is 0.271 e. The van der Waals surface area contributed by atoms with Crippen LogP contribution >= 0.6 is 11.6 Å². The van der Waals surface area contributed by atoms with Crippen molar-refractivity contribution in [3.63, 3.8) is 0 Å². The number of aromatic nitrogens is 1. The van der Waals surface area contributed by atoms with Gasteiger partial charge in [-0.2, -0.15) is 0 Å². The van der Waals surface area contributed by atoms with Crippen molar-refractivity contribution >= 4 is 28.9 Å². The highest BCUT2D eigenvalue weighted by atomic mass is 35.5. The zero-order valence-corrected chi connectivity index (χ0v) is 11.6. The van der Waals surface area contributed by atoms with Gasteiger partial charge in [0.25, 0.3) is 11.6 Å². The molecule has 0 unspecified atom stereocenters. The third-order valence-electron chi connectivity index (χ3n) is 3.39. The standard InChI is InChI=1S/C14H10ClN3O3/c15-13-7-10(3-5-16-13)14(19)17-6-4-9-1-2-11(18(20)21)8-12(9)17/h1-3,5,7-8H,4,6H2. The number of hydrogen-bond donors (Lipinski definition) is 0. The highest BCUT2D eigenvalue weighted by Crippen LogP contribution is 2.32. The summed E-state index contributed by atoms with van der Waals surface area (Å²) in [6, 6.07) is 7.64. The van der Waals surface area contributed by atoms with Gasteiger partial charge in [0, 0.05) is 30.4 Å². The Bertz CT molecular complexity index is 748. The minimum absolute atomic E-state index is 0.0267. The van der Waals surface area contributed by atoms with Gasteiger partial charge in [0.05, 0.1) is 10.6 Å². The van der Waals surface area contributed by atoms with E-state index in [9.17, 15) is 14.9 Å². The fourth-order valence-corrected chi connectivity index (χ4v) is 2.56. The molecule has 2 heterocycles. The molecule has 1 aromatic carbocycles. The molecule has 0 fully saturated rings. The average molecular weight is 304 g/mol. The highest BCUT2D eigenvalue weighted by molar-refractivity contribution is 6.29. The molecule has 0 radical (unpaired) electrons. The number of halogens is 1. The largest absolute Gasteiger partial charge is 0.307 e. The third-order valence-corrected chi connectivity index (χ3v) is 3.60. The normalized spacial score (nSPS) is 13.1. The Balaban J connectivity index is 1.98. The molecule has 0 spiro atoms. The predicted molar refractivity (Wildman–Crippen MR) is 77.7 cm³/mol. The Kier molecular flexibility index (Phi) is 3.31. The van der Waals surface area contributed by atoms with Crippen molar-refractivity contribution in [2.24, 2.45) is 0 Å². The van der Waals surface area contributed by atoms with E-state index in [2.05, 4.69) is 4.98 Å². The number of carbonyl (C=O) groups is 1. The number of non-ortho nitro benzene ring substituents is 1. The van der Waals surface area contributed by atoms with Crippen molar-refractivity contribution in [1.29, 1.82) is 0 Å². The summed E-state index contributed by atoms with van der Waals surface area (Å²) in [4.78, 5) is 28.3. The van der Waals surface area contributed by atoms with E-state index in [1.54, 1.807) is 12.1 Å². The number of nitro benzene ring substituents is 1. The second-order valence-corrected chi connectivity index (χ2v) is 5.03. The molecule has 0 saturated heterocycles. The lowest BCUT2D eigenvalue weighted by atomic mass is 10.1. The number of rotatable bonds is 2. The number of amides is 1. The van der Waals surface area contributed by atoms with E-state index in [0.717, 1.165) is 5.56 Å². The Labute approximate surface area is 125 Å². The fourth-order valence-electron chi connectivity index (χ4n) is 2.38. The average Bonchev–Trinajstić information content (AvgIpc) is 2.89. The van der Waals surface area contributed by atoms with Crippen molar-refractivity contribution in [2.75, 3.05) is 11.4 Å². The van der Waals surface area contributed by atoms with Gasteiger partial charge in [-0.15, -0.1) is 0 Å². The maximum atomic E-state index is 12.5. The summed E-state index contributed by atoms with van der Waals surface area (Å²) in [5.74, 6) is -0.237. The molecule has 1 aromatic heterocycles. The molecule has 106 valence electrons. The van der Waals surface area contributed by atoms with E-state index in [1.165, 1.54) is 29.3 Å². The van der Waals surface area contributed by atoms with Gasteiger partial charge in [0.2, 0.25) is 0 Å². The van der Waals surface area contributed by atoms with Gasteiger partial charge in [-0.25, -0.2) is 4.98 Å². The van der Waals surface area contributed by atoms with Crippen LogP contribution < -0.4 is 4.90 Å². The van der Waals surface area contributed by atoms with Crippen LogP contribution in [-0.2, 0) is 6.42 Å². The Morgan fingerprint density at radius 3 is 2.86 bits per heavy atom. The number of hydrogen-bond acceptors (Lipinski definition) is 4. The number of nitro groups is 1. The predicted octanol–water partition coefficient (Wildman–Crippen LogP) is 2.85. The number of fused-ring (bicyclic) bond motifs is 1. The van der Waals surface area contributed by atoms with Crippen molar-refractivity contribution in [3.8, 4) is 0 Å². The van der Waals surface area contributed by atoms with Gasteiger partial charge in [-0.3, -0.25) is 14.9 Å². The summed E-state index contributed by atoms with van der Waals surface area (Å²) < 4.78 is 0. The molecule has 6 nitrogen and oxygen atoms in total. The number of carbonyl (C=O) groups excluding carboxylic acids is 1. The number of benzene rings is 1. The molecule has 1 amide bonds. The molecule has 2 aromatic rings. The lowest BCUT2D eigenvalue weighted by Gasteiger charge is -2.17. The highest BCUT2D eigenvalue weighted by Gasteiger charge is 2.27. The molecule has 0 saturated carbocycles. The smallest absolute Gasteiger partial charge is 0.271 e. The van der Waals surface area contributed by atoms with Crippen LogP contribution in [0.1, 0.15) is 15.9 Å². The summed E-state index contributed by atoms with van der Waals surface area (Å²) >= 11 is 5.79. The molecule has 0 atom stereocenters. The molecular weight excluding hydrogens is 294 g/mol. The molecule has 21 heavy (non-hydrogen) atoms. The molecular formula is C14H10ClN3O3. The van der Waals surface area contributed by atoms with Gasteiger partial charge >= 0.3 is 0 Å². The molecule has 1 aliphatic rings. The maximum absolute atomic E-state index is 12.5. The summed E-state index contributed by atoms with van der Waals surface area (Å²) in [5.41, 5.74) is 1.90. The van der Waals surface area contributed by atoms with Crippen LogP contribution in [0, 0.1) is 10.1 Å². The second kappa shape index (κ2) is 5.14. The quantitative estimate of drug-likeness (QED) is 0.485. The first-order valence-electron chi connectivity index (χ1n) is 6.27. The van der Waals surface area contributed by atoms with E-state index >= 15 is 0 Å². The Morgan fingerprint density at radius 1 is 1.33 bits per heavy atom. The van der Waals surface area contributed by atoms with Gasteiger partial charge in [-0.05, 0) is 24.1 Å². The molecule has 3 rings (SSSR count). The van der Waals surface area contributed by atoms with Gasteiger partial charge in [-0.1, -0.05) is 17.7 Å². The van der Waals surface area contributed by atoms with E-state index in [0.29, 0.717) is 24.2 Å². The molecule has 7 heteroatoms. The molecule has 0 bridgehead atoms. The first-order valence-corrected chi connectivity index (χ1v) is 6.65. The molecule has 0 aliphatic carbocycles. The topological polar surface area (TPSA) is 76.3 Å². The monoisotopic (exact) mass is 303 g/mol. The van der Waals surface area contributed by atoms with Gasteiger partial charge < -0.3 is 4.90 Å². The second-order valence-electron chi connectivity index (χ2n) is 4.64. The van der Waals surface area contributed by atoms with Crippen LogP contribution in [0.5, 0.6) is 0 Å². The van der Waals surface area contributed by atoms with Crippen LogP contribution in [0.2, 0.25) is 5.15 Å². The van der Waals surface area contributed by atoms with E-state index < -0.39 is 4.92 Å². The van der Waals surface area contributed by atoms with Crippen molar-refractivity contribution in [2.45, 2.75) is 6.42 Å². The Hall–Kier alpha value is -2.47. The van der Waals surface area contributed by atoms with E-state index in [-0.39, 0.29) is 16.7 Å². The molecule has 1 aliphatic heterocycles. The minimum atomic E-state index is -0.468. The van der Waals surface area contributed by atoms with E-state index in [4.69, 9.17) is 11.6 Å². The number of nitrogens with zero attached hydrogens (tertiary/aromatic N) is 3. The number of anilines is 1. The van der Waals surface area contributed by atoms with Crippen LogP contribution in [0.3, 0.4) is 0 Å². The summed E-state index contributed by atoms with van der Waals surface area (Å²) in [6.45, 7) is 0.495. The SMILES string of the molecule is O=C(c1ccnc(Cl)c1)N1CCc2ccc([N+](=O)[O-])cc21. The summed E-state index contributed by atoms with van der Waals surface area (Å²) in [5, 5.41) is 11.1. The first-order chi connectivity index (χ1) is 10.1. The minimum Gasteiger partial charge on any atom is -0.307 e. The van der Waals surface area contributed by atoms with Crippen molar-refractivity contribution in [1.82, 2.24) is 4.98 Å². The van der Waals surface area contributed by atoms with Crippen LogP contribution in [0.4, 0.5) is 11.4 Å². The summed E-state index contributed by atoms with van der Waals surface area (Å²) in [6.07, 6.45) is 2.14. The third kappa shape index (κ3) is 2.45.